The van der Waals surface area contributed by atoms with Crippen LogP contribution in [0.5, 0.6) is 0 Å². The van der Waals surface area contributed by atoms with Crippen LogP contribution in [0.3, 0.4) is 0 Å². The quantitative estimate of drug-likeness (QED) is 0.323. The van der Waals surface area contributed by atoms with Gasteiger partial charge in [-0.05, 0) is 31.0 Å². The molecule has 7 rings (SSSR count). The van der Waals surface area contributed by atoms with Gasteiger partial charge in [-0.3, -0.25) is 9.69 Å². The average molecular weight is 646 g/mol. The number of carbonyl (C=O) groups is 2. The molecule has 5 aliphatic carbocycles. The molecule has 7 bridgehead atoms. The van der Waals surface area contributed by atoms with Gasteiger partial charge in [0.05, 0.1) is 30.5 Å². The minimum Gasteiger partial charge on any atom is -0.455 e. The first-order chi connectivity index (χ1) is 22.0. The van der Waals surface area contributed by atoms with Crippen LogP contribution in [-0.4, -0.2) is 134 Å². The van der Waals surface area contributed by atoms with Gasteiger partial charge >= 0.3 is 11.9 Å². The maximum Gasteiger partial charge on any atom is 0.338 e. The SMILES string of the molecule is CCN1C[C@@]2(COC)C3C(OC)[C@H]4[C@@H]1C3(C(OC)C[C@H]2O)[C@@H]1C[C@@]2(O)[C@H](OC(=O)c3ccccc3)[C@@H]1[C@]4(OC(C)=O)[C@@H](O)[C@@H]2OC. The summed E-state index contributed by atoms with van der Waals surface area (Å²) >= 11 is 0. The summed E-state index contributed by atoms with van der Waals surface area (Å²) in [5.74, 6) is -3.65. The lowest BCUT2D eigenvalue weighted by atomic mass is 9.42. The third-order valence-electron chi connectivity index (χ3n) is 13.2. The van der Waals surface area contributed by atoms with Crippen molar-refractivity contribution in [1.82, 2.24) is 4.90 Å². The summed E-state index contributed by atoms with van der Waals surface area (Å²) in [7, 11) is 6.27. The third kappa shape index (κ3) is 3.62. The Balaban J connectivity index is 1.53. The van der Waals surface area contributed by atoms with Crippen LogP contribution in [0.1, 0.15) is 37.0 Å². The number of rotatable bonds is 9. The topological polar surface area (TPSA) is 153 Å². The van der Waals surface area contributed by atoms with Crippen LogP contribution in [0.2, 0.25) is 0 Å². The average Bonchev–Trinajstić information content (AvgIpc) is 3.41. The van der Waals surface area contributed by atoms with E-state index in [1.54, 1.807) is 51.7 Å². The van der Waals surface area contributed by atoms with E-state index >= 15 is 0 Å². The van der Waals surface area contributed by atoms with Gasteiger partial charge in [0.25, 0.3) is 0 Å². The summed E-state index contributed by atoms with van der Waals surface area (Å²) in [4.78, 5) is 29.3. The van der Waals surface area contributed by atoms with Crippen molar-refractivity contribution in [2.45, 2.75) is 80.6 Å². The molecule has 0 amide bonds. The van der Waals surface area contributed by atoms with Gasteiger partial charge in [-0.2, -0.15) is 0 Å². The van der Waals surface area contributed by atoms with Crippen molar-refractivity contribution in [3.63, 3.8) is 0 Å². The molecule has 1 aromatic carbocycles. The minimum atomic E-state index is -1.83. The molecule has 15 atom stereocenters. The Hall–Kier alpha value is -2.16. The van der Waals surface area contributed by atoms with E-state index in [1.807, 2.05) is 6.92 Å². The van der Waals surface area contributed by atoms with Crippen LogP contribution >= 0.6 is 0 Å². The molecular formula is C34H47NO11. The number of aliphatic hydroxyl groups is 3. The smallest absolute Gasteiger partial charge is 0.338 e. The Morgan fingerprint density at radius 1 is 1.00 bits per heavy atom. The summed E-state index contributed by atoms with van der Waals surface area (Å²) in [5.41, 5.74) is -4.79. The Labute approximate surface area is 269 Å². The second-order valence-electron chi connectivity index (χ2n) is 14.4. The van der Waals surface area contributed by atoms with Crippen molar-refractivity contribution in [3.8, 4) is 0 Å². The highest BCUT2D eigenvalue weighted by atomic mass is 16.6. The monoisotopic (exact) mass is 645 g/mol. The van der Waals surface area contributed by atoms with E-state index in [4.69, 9.17) is 28.4 Å². The highest BCUT2D eigenvalue weighted by Gasteiger charge is 2.92. The van der Waals surface area contributed by atoms with Crippen LogP contribution in [0.4, 0.5) is 0 Å². The highest BCUT2D eigenvalue weighted by Crippen LogP contribution is 2.80. The molecule has 12 heteroatoms. The number of hydrogen-bond donors (Lipinski definition) is 3. The maximum atomic E-state index is 13.8. The molecule has 12 nitrogen and oxygen atoms in total. The van der Waals surface area contributed by atoms with Crippen molar-refractivity contribution in [2.75, 3.05) is 48.1 Å². The normalized spacial score (nSPS) is 49.9. The number of nitrogens with zero attached hydrogens (tertiary/aromatic N) is 1. The number of methoxy groups -OCH3 is 4. The summed E-state index contributed by atoms with van der Waals surface area (Å²) in [6.07, 6.45) is -5.49. The molecule has 1 heterocycles. The number of piperidine rings is 1. The third-order valence-corrected chi connectivity index (χ3v) is 13.2. The van der Waals surface area contributed by atoms with Crippen LogP contribution in [0.25, 0.3) is 0 Å². The van der Waals surface area contributed by atoms with E-state index in [2.05, 4.69) is 4.90 Å². The minimum absolute atomic E-state index is 0.0791. The fourth-order valence-corrected chi connectivity index (χ4v) is 12.3. The first kappa shape index (κ1) is 32.4. The Morgan fingerprint density at radius 2 is 1.72 bits per heavy atom. The van der Waals surface area contributed by atoms with Gasteiger partial charge in [0.2, 0.25) is 0 Å². The molecule has 6 aliphatic rings. The fraction of sp³-hybridized carbons (Fsp3) is 0.765. The lowest BCUT2D eigenvalue weighted by molar-refractivity contribution is -0.322. The standard InChI is InChI=1S/C34H47NO11/c1-7-35-15-31(16-41-3)20(37)13-21(42-4)33-19-14-32(40)28(45-30(39)18-11-9-8-10-12-18)22(19)34(46-17(2)36,27(38)29(32)44-6)23(26(33)35)24(43-5)25(31)33/h8-12,19-29,37-38,40H,7,13-16H2,1-6H3/t19-,20-,21?,22-,23+,24?,25?,26-,27+,28-,29+,31+,32-,33?,34-/m1/s1. The predicted molar refractivity (Wildman–Crippen MR) is 160 cm³/mol. The maximum absolute atomic E-state index is 13.8. The number of benzene rings is 1. The Morgan fingerprint density at radius 3 is 2.30 bits per heavy atom. The van der Waals surface area contributed by atoms with Crippen molar-refractivity contribution >= 4 is 11.9 Å². The second kappa shape index (κ2) is 10.9. The molecule has 1 saturated heterocycles. The molecule has 1 aliphatic heterocycles. The van der Waals surface area contributed by atoms with E-state index in [1.165, 1.54) is 14.0 Å². The molecule has 254 valence electrons. The molecule has 0 radical (unpaired) electrons. The Bertz CT molecular complexity index is 1360. The predicted octanol–water partition coefficient (Wildman–Crippen LogP) is 0.648. The number of carbonyl (C=O) groups excluding carboxylic acids is 2. The lowest BCUT2D eigenvalue weighted by Gasteiger charge is -2.70. The van der Waals surface area contributed by atoms with Gasteiger partial charge in [-0.1, -0.05) is 25.1 Å². The summed E-state index contributed by atoms with van der Waals surface area (Å²) < 4.78 is 37.4. The van der Waals surface area contributed by atoms with E-state index in [9.17, 15) is 24.9 Å². The first-order valence-corrected chi connectivity index (χ1v) is 16.3. The summed E-state index contributed by atoms with van der Waals surface area (Å²) in [6, 6.07) is 8.18. The zero-order valence-corrected chi connectivity index (χ0v) is 27.3. The lowest BCUT2D eigenvalue weighted by Crippen LogP contribution is -2.81. The molecule has 4 unspecified atom stereocenters. The number of ether oxygens (including phenoxy) is 6. The van der Waals surface area contributed by atoms with E-state index < -0.39 is 88.3 Å². The van der Waals surface area contributed by atoms with Crippen LogP contribution in [-0.2, 0) is 33.2 Å². The van der Waals surface area contributed by atoms with E-state index in [-0.39, 0.29) is 25.0 Å². The highest BCUT2D eigenvalue weighted by molar-refractivity contribution is 5.89. The molecule has 1 spiro atoms. The molecule has 6 fully saturated rings. The van der Waals surface area contributed by atoms with Gasteiger partial charge in [-0.25, -0.2) is 4.79 Å². The molecule has 3 N–H and O–H groups in total. The number of likely N-dealkylation sites (tertiary alicyclic amines) is 1. The van der Waals surface area contributed by atoms with Gasteiger partial charge in [0.15, 0.2) is 5.60 Å². The van der Waals surface area contributed by atoms with Gasteiger partial charge in [0, 0.05) is 83.0 Å². The van der Waals surface area contributed by atoms with E-state index in [0.29, 0.717) is 25.1 Å². The number of aliphatic hydroxyl groups excluding tert-OH is 2. The molecule has 1 aromatic rings. The Kier molecular flexibility index (Phi) is 7.69. The van der Waals surface area contributed by atoms with Crippen molar-refractivity contribution < 1.29 is 53.3 Å². The largest absolute Gasteiger partial charge is 0.455 e. The van der Waals surface area contributed by atoms with Crippen molar-refractivity contribution in [1.29, 1.82) is 0 Å². The zero-order chi connectivity index (χ0) is 33.0. The van der Waals surface area contributed by atoms with Crippen molar-refractivity contribution in [3.05, 3.63) is 35.9 Å². The molecule has 5 saturated carbocycles. The van der Waals surface area contributed by atoms with Crippen LogP contribution in [0.15, 0.2) is 30.3 Å². The molecule has 0 aromatic heterocycles. The molecular weight excluding hydrogens is 598 g/mol. The van der Waals surface area contributed by atoms with Gasteiger partial charge in [0.1, 0.15) is 23.9 Å². The van der Waals surface area contributed by atoms with Crippen LogP contribution < -0.4 is 0 Å². The van der Waals surface area contributed by atoms with Crippen LogP contribution in [0, 0.1) is 34.5 Å². The van der Waals surface area contributed by atoms with E-state index in [0.717, 1.165) is 0 Å². The summed E-state index contributed by atoms with van der Waals surface area (Å²) in [5, 5.41) is 37.3. The van der Waals surface area contributed by atoms with Crippen molar-refractivity contribution in [2.24, 2.45) is 34.5 Å². The van der Waals surface area contributed by atoms with Gasteiger partial charge < -0.3 is 43.7 Å². The van der Waals surface area contributed by atoms with Gasteiger partial charge in [-0.15, -0.1) is 0 Å². The number of hydrogen-bond acceptors (Lipinski definition) is 12. The number of fused-ring (bicyclic) bond motifs is 2. The summed E-state index contributed by atoms with van der Waals surface area (Å²) in [6.45, 7) is 4.68. The first-order valence-electron chi connectivity index (χ1n) is 16.3. The second-order valence-corrected chi connectivity index (χ2v) is 14.4. The fourth-order valence-electron chi connectivity index (χ4n) is 12.3. The number of esters is 2. The molecule has 46 heavy (non-hydrogen) atoms. The zero-order valence-electron chi connectivity index (χ0n) is 27.3.